The summed E-state index contributed by atoms with van der Waals surface area (Å²) in [7, 11) is 0. The molecule has 1 aliphatic rings. The Kier molecular flexibility index (Phi) is 9.62. The maximum atomic E-state index is 13.7. The van der Waals surface area contributed by atoms with Gasteiger partial charge in [-0.1, -0.05) is 56.3 Å². The predicted octanol–water partition coefficient (Wildman–Crippen LogP) is 4.56. The zero-order chi connectivity index (χ0) is 28.6. The Hall–Kier alpha value is -4.09. The van der Waals surface area contributed by atoms with Gasteiger partial charge in [-0.2, -0.15) is 0 Å². The first kappa shape index (κ1) is 28.9. The van der Waals surface area contributed by atoms with Crippen molar-refractivity contribution >= 4 is 40.1 Å². The van der Waals surface area contributed by atoms with Crippen LogP contribution in [-0.4, -0.2) is 59.4 Å². The summed E-state index contributed by atoms with van der Waals surface area (Å²) in [5, 5.41) is 7.23. The van der Waals surface area contributed by atoms with Crippen LogP contribution in [-0.2, 0) is 14.3 Å². The maximum absolute atomic E-state index is 13.7. The highest BCUT2D eigenvalue weighted by Crippen LogP contribution is 2.32. The smallest absolute Gasteiger partial charge is 0.325 e. The number of Topliss-reactive ketones (excluding diaryl/α,β-unsaturated/α-hetero) is 1. The van der Waals surface area contributed by atoms with Crippen molar-refractivity contribution in [3.63, 3.8) is 0 Å². The van der Waals surface area contributed by atoms with Gasteiger partial charge in [0.1, 0.15) is 30.1 Å². The molecular formula is C29H32N4O6S. The van der Waals surface area contributed by atoms with Gasteiger partial charge in [0, 0.05) is 24.3 Å². The lowest BCUT2D eigenvalue weighted by molar-refractivity contribution is -0.134. The van der Waals surface area contributed by atoms with E-state index in [-0.39, 0.29) is 23.0 Å². The number of nitrogens with zero attached hydrogens (tertiary/aromatic N) is 2. The highest BCUT2D eigenvalue weighted by molar-refractivity contribution is 7.14. The summed E-state index contributed by atoms with van der Waals surface area (Å²) in [5.41, 5.74) is 1.60. The standard InChI is InChI=1S/C29H32N4O6S/c1-4-23(34)22-17-40-28(30-22)32-26(35)25(18(3)19-9-7-6-8-10-19)33-27(36)24(31-29(33)37)20-11-13-21(14-12-20)39-16-15-38-5-2/h6-14,17-18,24-25H,4-5,15-16H2,1-3H3,(H,31,37)(H,30,32,35)/t18-,24?,25-/m0/s1. The van der Waals surface area contributed by atoms with Crippen LogP contribution in [0.4, 0.5) is 9.93 Å². The third-order valence-corrected chi connectivity index (χ3v) is 7.33. The van der Waals surface area contributed by atoms with Gasteiger partial charge in [-0.05, 0) is 30.2 Å². The average Bonchev–Trinajstić information content (AvgIpc) is 3.55. The number of imide groups is 1. The summed E-state index contributed by atoms with van der Waals surface area (Å²) in [6.07, 6.45) is 0.287. The summed E-state index contributed by atoms with van der Waals surface area (Å²) in [6.45, 7) is 6.88. The van der Waals surface area contributed by atoms with Crippen LogP contribution in [0.1, 0.15) is 60.8 Å². The molecule has 1 unspecified atom stereocenters. The molecule has 1 fully saturated rings. The van der Waals surface area contributed by atoms with E-state index in [9.17, 15) is 19.2 Å². The highest BCUT2D eigenvalue weighted by atomic mass is 32.1. The molecule has 3 aromatic rings. The number of hydrogen-bond acceptors (Lipinski definition) is 8. The Labute approximate surface area is 236 Å². The molecule has 2 N–H and O–H groups in total. The van der Waals surface area contributed by atoms with Crippen molar-refractivity contribution in [2.24, 2.45) is 0 Å². The lowest BCUT2D eigenvalue weighted by Crippen LogP contribution is -2.50. The Morgan fingerprint density at radius 1 is 1.07 bits per heavy atom. The van der Waals surface area contributed by atoms with Crippen molar-refractivity contribution < 1.29 is 28.7 Å². The van der Waals surface area contributed by atoms with Crippen molar-refractivity contribution in [2.75, 3.05) is 25.1 Å². The van der Waals surface area contributed by atoms with Crippen molar-refractivity contribution in [3.8, 4) is 5.75 Å². The molecule has 3 atom stereocenters. The van der Waals surface area contributed by atoms with E-state index in [1.165, 1.54) is 0 Å². The molecule has 4 rings (SSSR count). The lowest BCUT2D eigenvalue weighted by Gasteiger charge is -2.29. The quantitative estimate of drug-likeness (QED) is 0.177. The van der Waals surface area contributed by atoms with E-state index in [1.54, 1.807) is 43.5 Å². The number of nitrogens with one attached hydrogen (secondary N) is 2. The lowest BCUT2D eigenvalue weighted by atomic mass is 9.91. The first-order valence-corrected chi connectivity index (χ1v) is 14.0. The monoisotopic (exact) mass is 564 g/mol. The molecule has 1 aliphatic heterocycles. The SMILES string of the molecule is CCOCCOc1ccc(C2NC(=O)N([C@H](C(=O)Nc3nc(C(=O)CC)cs3)[C@@H](C)c3ccccc3)C2=O)cc1. The Balaban J connectivity index is 1.57. The van der Waals surface area contributed by atoms with Crippen LogP contribution in [0.2, 0.25) is 0 Å². The van der Waals surface area contributed by atoms with Gasteiger partial charge in [-0.25, -0.2) is 14.7 Å². The molecule has 40 heavy (non-hydrogen) atoms. The molecule has 4 amide bonds. The number of urea groups is 1. The summed E-state index contributed by atoms with van der Waals surface area (Å²) in [4.78, 5) is 57.8. The minimum Gasteiger partial charge on any atom is -0.491 e. The van der Waals surface area contributed by atoms with Crippen molar-refractivity contribution in [3.05, 3.63) is 76.8 Å². The molecule has 11 heteroatoms. The normalized spacial score (nSPS) is 16.4. The molecule has 10 nitrogen and oxygen atoms in total. The van der Waals surface area contributed by atoms with Crippen LogP contribution in [0.25, 0.3) is 0 Å². The zero-order valence-corrected chi connectivity index (χ0v) is 23.4. The van der Waals surface area contributed by atoms with Crippen LogP contribution in [0, 0.1) is 0 Å². The molecule has 1 aromatic heterocycles. The topological polar surface area (TPSA) is 127 Å². The highest BCUT2D eigenvalue weighted by Gasteiger charge is 2.47. The summed E-state index contributed by atoms with van der Waals surface area (Å²) >= 11 is 1.11. The number of amides is 4. The number of ether oxygens (including phenoxy) is 2. The number of hydrogen-bond donors (Lipinski definition) is 2. The van der Waals surface area contributed by atoms with Crippen LogP contribution in [0.3, 0.4) is 0 Å². The molecule has 0 saturated carbocycles. The molecule has 0 aliphatic carbocycles. The number of carbonyl (C=O) groups excluding carboxylic acids is 4. The number of benzene rings is 2. The fourth-order valence-electron chi connectivity index (χ4n) is 4.43. The van der Waals surface area contributed by atoms with Crippen LogP contribution in [0.5, 0.6) is 5.75 Å². The molecule has 0 bridgehead atoms. The van der Waals surface area contributed by atoms with Gasteiger partial charge < -0.3 is 20.1 Å². The molecular weight excluding hydrogens is 532 g/mol. The largest absolute Gasteiger partial charge is 0.491 e. The number of aromatic nitrogens is 1. The first-order valence-electron chi connectivity index (χ1n) is 13.1. The predicted molar refractivity (Wildman–Crippen MR) is 151 cm³/mol. The summed E-state index contributed by atoms with van der Waals surface area (Å²) in [5.74, 6) is -1.19. The van der Waals surface area contributed by atoms with Crippen molar-refractivity contribution in [1.82, 2.24) is 15.2 Å². The van der Waals surface area contributed by atoms with E-state index >= 15 is 0 Å². The van der Waals surface area contributed by atoms with E-state index in [4.69, 9.17) is 9.47 Å². The number of rotatable bonds is 13. The van der Waals surface area contributed by atoms with Crippen molar-refractivity contribution in [2.45, 2.75) is 45.2 Å². The number of ketones is 1. The van der Waals surface area contributed by atoms with Crippen LogP contribution >= 0.6 is 11.3 Å². The molecule has 0 spiro atoms. The fourth-order valence-corrected chi connectivity index (χ4v) is 5.15. The molecule has 210 valence electrons. The van der Waals surface area contributed by atoms with E-state index in [1.807, 2.05) is 37.3 Å². The first-order chi connectivity index (χ1) is 19.3. The van der Waals surface area contributed by atoms with Gasteiger partial charge >= 0.3 is 6.03 Å². The molecule has 2 aromatic carbocycles. The Bertz CT molecular complexity index is 1340. The van der Waals surface area contributed by atoms with E-state index < -0.39 is 35.8 Å². The summed E-state index contributed by atoms with van der Waals surface area (Å²) in [6, 6.07) is 13.2. The number of anilines is 1. The molecule has 2 heterocycles. The number of thiazole rings is 1. The number of carbonyl (C=O) groups is 4. The average molecular weight is 565 g/mol. The second-order valence-corrected chi connectivity index (χ2v) is 10.0. The van der Waals surface area contributed by atoms with Crippen LogP contribution < -0.4 is 15.4 Å². The van der Waals surface area contributed by atoms with Gasteiger partial charge in [0.2, 0.25) is 5.91 Å². The van der Waals surface area contributed by atoms with Gasteiger partial charge in [-0.3, -0.25) is 14.4 Å². The second kappa shape index (κ2) is 13.3. The second-order valence-electron chi connectivity index (χ2n) is 9.15. The third kappa shape index (κ3) is 6.54. The molecule has 0 radical (unpaired) electrons. The minimum atomic E-state index is -1.17. The van der Waals surface area contributed by atoms with Crippen LogP contribution in [0.15, 0.2) is 60.0 Å². The van der Waals surface area contributed by atoms with E-state index in [2.05, 4.69) is 15.6 Å². The van der Waals surface area contributed by atoms with Gasteiger partial charge in [-0.15, -0.1) is 11.3 Å². The summed E-state index contributed by atoms with van der Waals surface area (Å²) < 4.78 is 10.9. The van der Waals surface area contributed by atoms with Gasteiger partial charge in [0.15, 0.2) is 10.9 Å². The van der Waals surface area contributed by atoms with E-state index in [0.717, 1.165) is 21.8 Å². The van der Waals surface area contributed by atoms with Gasteiger partial charge in [0.25, 0.3) is 5.91 Å². The fraction of sp³-hybridized carbons (Fsp3) is 0.345. The van der Waals surface area contributed by atoms with E-state index in [0.29, 0.717) is 31.1 Å². The van der Waals surface area contributed by atoms with Gasteiger partial charge in [0.05, 0.1) is 6.61 Å². The Morgan fingerprint density at radius 2 is 1.80 bits per heavy atom. The van der Waals surface area contributed by atoms with Crippen molar-refractivity contribution in [1.29, 1.82) is 0 Å². The third-order valence-electron chi connectivity index (χ3n) is 6.57. The molecule has 1 saturated heterocycles. The Morgan fingerprint density at radius 3 is 2.48 bits per heavy atom. The maximum Gasteiger partial charge on any atom is 0.325 e. The zero-order valence-electron chi connectivity index (χ0n) is 22.6. The minimum absolute atomic E-state index is 0.145.